The SMILES string of the molecule is C=C(C)C(=O)OCCC[SiH2]C(O[Si](C)(C)C)O[Si](C)(C)C.C=C(C)C(=O)OCCC[Si](C)(C)OCC.C=C(C)C(=O)OCCC[Si](O[Si](C)(C)C)(O[Si](C)(C)C)O[Si](C)(C)C. The van der Waals surface area contributed by atoms with Crippen LogP contribution in [0.25, 0.3) is 0 Å². The Morgan fingerprint density at radius 3 is 1.08 bits per heavy atom. The van der Waals surface area contributed by atoms with Crippen LogP contribution >= 0.6 is 0 Å². The molecule has 0 spiro atoms. The summed E-state index contributed by atoms with van der Waals surface area (Å²) in [5.74, 6) is -0.938. The molecule has 0 aliphatic rings. The van der Waals surface area contributed by atoms with Crippen molar-refractivity contribution >= 4 is 86.1 Å². The van der Waals surface area contributed by atoms with Crippen LogP contribution in [0, 0.1) is 0 Å². The normalized spacial score (nSPS) is 12.9. The highest BCUT2D eigenvalue weighted by Gasteiger charge is 2.49. The second-order valence-electron chi connectivity index (χ2n) is 20.9. The van der Waals surface area contributed by atoms with Gasteiger partial charge in [0, 0.05) is 29.4 Å². The summed E-state index contributed by atoms with van der Waals surface area (Å²) in [7, 11) is -13.6. The van der Waals surface area contributed by atoms with Crippen LogP contribution in [0.15, 0.2) is 36.5 Å². The van der Waals surface area contributed by atoms with Crippen molar-refractivity contribution in [2.75, 3.05) is 26.4 Å². The summed E-state index contributed by atoms with van der Waals surface area (Å²) in [6.07, 6.45) is 2.43. The molecule has 360 valence electrons. The molecular formula is C41H92O12Si8. The predicted molar refractivity (Wildman–Crippen MR) is 275 cm³/mol. The second kappa shape index (κ2) is 29.6. The van der Waals surface area contributed by atoms with E-state index in [1.165, 1.54) is 0 Å². The molecule has 0 aromatic heterocycles. The Kier molecular flexibility index (Phi) is 31.3. The fourth-order valence-electron chi connectivity index (χ4n) is 5.07. The van der Waals surface area contributed by atoms with Crippen molar-refractivity contribution in [3.8, 4) is 0 Å². The van der Waals surface area contributed by atoms with Gasteiger partial charge < -0.3 is 39.8 Å². The number of esters is 3. The van der Waals surface area contributed by atoms with Gasteiger partial charge in [0.05, 0.1) is 29.3 Å². The van der Waals surface area contributed by atoms with Crippen molar-refractivity contribution in [3.63, 3.8) is 0 Å². The minimum absolute atomic E-state index is 0.0141. The summed E-state index contributed by atoms with van der Waals surface area (Å²) in [5.41, 5.74) is 1.32. The lowest BCUT2D eigenvalue weighted by Crippen LogP contribution is -2.60. The van der Waals surface area contributed by atoms with Crippen molar-refractivity contribution in [3.05, 3.63) is 36.5 Å². The van der Waals surface area contributed by atoms with Crippen LogP contribution in [0.1, 0.15) is 47.0 Å². The van der Waals surface area contributed by atoms with Crippen LogP contribution in [-0.4, -0.2) is 118 Å². The smallest absolute Gasteiger partial charge is 0.462 e. The van der Waals surface area contributed by atoms with Crippen molar-refractivity contribution in [1.82, 2.24) is 0 Å². The number of hydrogen-bond donors (Lipinski definition) is 0. The minimum Gasteiger partial charge on any atom is -0.462 e. The van der Waals surface area contributed by atoms with Crippen molar-refractivity contribution in [1.29, 1.82) is 0 Å². The molecule has 0 N–H and O–H groups in total. The van der Waals surface area contributed by atoms with E-state index < -0.39 is 68.2 Å². The van der Waals surface area contributed by atoms with Gasteiger partial charge in [-0.3, -0.25) is 0 Å². The van der Waals surface area contributed by atoms with Gasteiger partial charge in [-0.05, 0) is 164 Å². The summed E-state index contributed by atoms with van der Waals surface area (Å²) in [6.45, 7) is 56.7. The van der Waals surface area contributed by atoms with Crippen LogP contribution in [0.2, 0.25) is 129 Å². The Bertz CT molecular complexity index is 1290. The number of carbonyl (C=O) groups is 3. The zero-order chi connectivity index (χ0) is 48.7. The lowest BCUT2D eigenvalue weighted by atomic mass is 10.4. The highest BCUT2D eigenvalue weighted by Crippen LogP contribution is 2.30. The van der Waals surface area contributed by atoms with Gasteiger partial charge in [-0.25, -0.2) is 14.4 Å². The Balaban J connectivity index is -0.000000853. The lowest BCUT2D eigenvalue weighted by molar-refractivity contribution is -0.139. The topological polar surface area (TPSA) is 134 Å². The molecule has 0 rings (SSSR count). The molecule has 0 amide bonds. The molecule has 0 aromatic rings. The third-order valence-corrected chi connectivity index (χ3v) is 26.0. The summed E-state index contributed by atoms with van der Waals surface area (Å²) in [5, 5.41) is 0. The van der Waals surface area contributed by atoms with Gasteiger partial charge >= 0.3 is 26.7 Å². The third-order valence-electron chi connectivity index (χ3n) is 7.02. The van der Waals surface area contributed by atoms with E-state index in [4.69, 9.17) is 39.8 Å². The summed E-state index contributed by atoms with van der Waals surface area (Å²) < 4.78 is 53.1. The molecule has 0 radical (unpaired) electrons. The van der Waals surface area contributed by atoms with Crippen molar-refractivity contribution in [2.45, 2.75) is 182 Å². The van der Waals surface area contributed by atoms with E-state index in [2.05, 4.69) is 131 Å². The van der Waals surface area contributed by atoms with Crippen LogP contribution in [0.4, 0.5) is 0 Å². The van der Waals surface area contributed by atoms with Gasteiger partial charge in [-0.15, -0.1) is 0 Å². The third kappa shape index (κ3) is 42.8. The molecule has 20 heteroatoms. The quantitative estimate of drug-likeness (QED) is 0.0184. The van der Waals surface area contributed by atoms with Gasteiger partial charge in [0.1, 0.15) is 5.91 Å². The first-order valence-corrected chi connectivity index (χ1v) is 45.7. The van der Waals surface area contributed by atoms with E-state index in [1.807, 2.05) is 6.92 Å². The number of carbonyl (C=O) groups excluding carboxylic acids is 3. The first-order chi connectivity index (χ1) is 27.2. The monoisotopic (exact) mass is 1000 g/mol. The maximum absolute atomic E-state index is 11.6. The summed E-state index contributed by atoms with van der Waals surface area (Å²) >= 11 is 0. The average molecular weight is 1000 g/mol. The van der Waals surface area contributed by atoms with Gasteiger partial charge in [-0.1, -0.05) is 25.8 Å². The Hall–Kier alpha value is -0.875. The zero-order valence-corrected chi connectivity index (χ0v) is 51.3. The number of ether oxygens (including phenoxy) is 3. The van der Waals surface area contributed by atoms with E-state index in [0.717, 1.165) is 31.5 Å². The van der Waals surface area contributed by atoms with E-state index in [1.54, 1.807) is 20.8 Å². The van der Waals surface area contributed by atoms with E-state index in [9.17, 15) is 14.4 Å². The van der Waals surface area contributed by atoms with Crippen LogP contribution in [0.3, 0.4) is 0 Å². The molecule has 0 unspecified atom stereocenters. The zero-order valence-electron chi connectivity index (χ0n) is 42.9. The van der Waals surface area contributed by atoms with E-state index in [0.29, 0.717) is 49.0 Å². The fraction of sp³-hybridized carbons (Fsp3) is 0.780. The largest absolute Gasteiger partial charge is 0.469 e. The highest BCUT2D eigenvalue weighted by atomic mass is 28.5. The molecule has 0 aliphatic carbocycles. The lowest BCUT2D eigenvalue weighted by Gasteiger charge is -2.42. The second-order valence-corrected chi connectivity index (χ2v) is 53.0. The standard InChI is InChI=1S/C16H38O5Si4.C14H32O4Si3.C11H22O3Si/c1-15(2)16(17)18-13-12-14-25(19-22(3,4)5,20-23(6,7)8)21-24(9,10)11;1-12(2)13(15)16-10-9-11-19-14(17-20(3,4)5)18-21(6,7)8;1-6-14-15(4,5)9-7-8-13-11(12)10(2)3/h1,12-14H2,2-11H3;14H,1,9-11,19H2,2-8H3;2,6-9H2,1,3-5H3. The summed E-state index contributed by atoms with van der Waals surface area (Å²) in [4.78, 5) is 33.9. The van der Waals surface area contributed by atoms with Gasteiger partial charge in [0.25, 0.3) is 0 Å². The van der Waals surface area contributed by atoms with Crippen molar-refractivity contribution in [2.24, 2.45) is 0 Å². The first-order valence-electron chi connectivity index (χ1n) is 21.8. The Morgan fingerprint density at radius 1 is 0.492 bits per heavy atom. The molecule has 0 saturated heterocycles. The molecule has 0 atom stereocenters. The van der Waals surface area contributed by atoms with Gasteiger partial charge in [0.2, 0.25) is 0 Å². The molecule has 12 nitrogen and oxygen atoms in total. The number of rotatable bonds is 28. The number of hydrogen-bond acceptors (Lipinski definition) is 12. The van der Waals surface area contributed by atoms with Crippen LogP contribution < -0.4 is 0 Å². The molecule has 61 heavy (non-hydrogen) atoms. The molecule has 0 aliphatic heterocycles. The van der Waals surface area contributed by atoms with Gasteiger partial charge in [-0.2, -0.15) is 0 Å². The predicted octanol–water partition coefficient (Wildman–Crippen LogP) is 10.8. The minimum atomic E-state index is -2.83. The first kappa shape index (κ1) is 64.4. The van der Waals surface area contributed by atoms with Crippen LogP contribution in [0.5, 0.6) is 0 Å². The molecule has 0 heterocycles. The molecule has 0 fully saturated rings. The average Bonchev–Trinajstić information content (AvgIpc) is 3.01. The molecular weight excluding hydrogens is 909 g/mol. The molecule has 0 bridgehead atoms. The maximum Gasteiger partial charge on any atom is 0.469 e. The van der Waals surface area contributed by atoms with Gasteiger partial charge in [0.15, 0.2) is 49.9 Å². The molecule has 0 aromatic carbocycles. The Morgan fingerprint density at radius 2 is 0.803 bits per heavy atom. The fourth-order valence-corrected chi connectivity index (χ4v) is 28.2. The van der Waals surface area contributed by atoms with Crippen molar-refractivity contribution < 1.29 is 54.2 Å². The maximum atomic E-state index is 11.6. The van der Waals surface area contributed by atoms with E-state index >= 15 is 0 Å². The summed E-state index contributed by atoms with van der Waals surface area (Å²) in [6, 6.07) is 2.75. The molecule has 0 saturated carbocycles. The Labute approximate surface area is 383 Å². The van der Waals surface area contributed by atoms with E-state index in [-0.39, 0.29) is 23.8 Å². The highest BCUT2D eigenvalue weighted by molar-refractivity contribution is 6.90. The van der Waals surface area contributed by atoms with Crippen LogP contribution in [-0.2, 0) is 54.2 Å².